The van der Waals surface area contributed by atoms with E-state index in [1.54, 1.807) is 0 Å². The number of aryl methyl sites for hydroxylation is 2. The second kappa shape index (κ2) is 7.92. The van der Waals surface area contributed by atoms with Crippen molar-refractivity contribution in [3.63, 3.8) is 0 Å². The number of rotatable bonds is 4. The molecule has 0 radical (unpaired) electrons. The van der Waals surface area contributed by atoms with E-state index in [9.17, 15) is 4.79 Å². The Balaban J connectivity index is 1.71. The summed E-state index contributed by atoms with van der Waals surface area (Å²) in [6.07, 6.45) is 5.49. The minimum Gasteiger partial charge on any atom is -0.352 e. The van der Waals surface area contributed by atoms with E-state index in [4.69, 9.17) is 21.6 Å². The fraction of sp³-hybridized carbons (Fsp3) is 0.650. The van der Waals surface area contributed by atoms with E-state index in [1.165, 1.54) is 22.2 Å². The van der Waals surface area contributed by atoms with Crippen molar-refractivity contribution in [3.05, 3.63) is 16.3 Å². The molecule has 2 aromatic rings. The lowest BCUT2D eigenvalue weighted by atomic mass is 9.89. The summed E-state index contributed by atoms with van der Waals surface area (Å²) in [5, 5.41) is 1.28. The van der Waals surface area contributed by atoms with E-state index in [1.807, 2.05) is 16.2 Å². The minimum atomic E-state index is 0.0257. The second-order valence-corrected chi connectivity index (χ2v) is 9.10. The van der Waals surface area contributed by atoms with E-state index < -0.39 is 0 Å². The van der Waals surface area contributed by atoms with Crippen molar-refractivity contribution in [2.75, 3.05) is 37.0 Å². The number of hydrogen-bond donors (Lipinski definition) is 0. The zero-order valence-corrected chi connectivity index (χ0v) is 17.7. The minimum absolute atomic E-state index is 0.0257. The lowest BCUT2D eigenvalue weighted by Crippen LogP contribution is -2.49. The molecule has 0 bridgehead atoms. The fourth-order valence-electron chi connectivity index (χ4n) is 4.18. The number of aromatic nitrogens is 2. The van der Waals surface area contributed by atoms with Crippen LogP contribution < -0.4 is 4.90 Å². The van der Waals surface area contributed by atoms with Gasteiger partial charge in [0, 0.05) is 37.5 Å². The molecule has 1 aliphatic carbocycles. The average molecular weight is 407 g/mol. The van der Waals surface area contributed by atoms with Gasteiger partial charge in [-0.2, -0.15) is 0 Å². The molecule has 7 heteroatoms. The highest BCUT2D eigenvalue weighted by Gasteiger charge is 2.28. The van der Waals surface area contributed by atoms with Crippen LogP contribution in [0.1, 0.15) is 43.0 Å². The first kappa shape index (κ1) is 18.9. The number of anilines is 1. The van der Waals surface area contributed by atoms with E-state index in [0.717, 1.165) is 61.2 Å². The Kier molecular flexibility index (Phi) is 5.55. The number of hydrogen-bond acceptors (Lipinski definition) is 5. The van der Waals surface area contributed by atoms with Gasteiger partial charge in [-0.3, -0.25) is 4.79 Å². The molecule has 4 rings (SSSR count). The maximum absolute atomic E-state index is 11.9. The molecule has 5 nitrogen and oxygen atoms in total. The lowest BCUT2D eigenvalue weighted by Gasteiger charge is -2.35. The van der Waals surface area contributed by atoms with Crippen LogP contribution in [0.3, 0.4) is 0 Å². The number of halogens is 1. The van der Waals surface area contributed by atoms with Crippen LogP contribution >= 0.6 is 22.9 Å². The average Bonchev–Trinajstić information content (AvgIpc) is 3.04. The molecule has 2 aromatic heterocycles. The number of fused-ring (bicyclic) bond motifs is 3. The van der Waals surface area contributed by atoms with Gasteiger partial charge >= 0.3 is 0 Å². The highest BCUT2D eigenvalue weighted by molar-refractivity contribution is 7.19. The highest BCUT2D eigenvalue weighted by Crippen LogP contribution is 2.41. The first-order valence-corrected chi connectivity index (χ1v) is 11.4. The smallest absolute Gasteiger partial charge is 0.237 e. The number of carbonyl (C=O) groups is 1. The molecule has 1 amide bonds. The Morgan fingerprint density at radius 1 is 1.26 bits per heavy atom. The molecule has 0 N–H and O–H groups in total. The number of nitrogens with zero attached hydrogens (tertiary/aromatic N) is 4. The van der Waals surface area contributed by atoms with Crippen molar-refractivity contribution in [1.82, 2.24) is 14.9 Å². The Bertz CT molecular complexity index is 844. The van der Waals surface area contributed by atoms with Gasteiger partial charge in [0.15, 0.2) is 0 Å². The van der Waals surface area contributed by atoms with Crippen LogP contribution in [0.5, 0.6) is 0 Å². The first-order chi connectivity index (χ1) is 13.1. The van der Waals surface area contributed by atoms with Crippen molar-refractivity contribution in [2.24, 2.45) is 5.92 Å². The van der Waals surface area contributed by atoms with Crippen LogP contribution in [0, 0.1) is 5.92 Å². The van der Waals surface area contributed by atoms with Crippen LogP contribution in [0.25, 0.3) is 10.2 Å². The van der Waals surface area contributed by atoms with E-state index in [0.29, 0.717) is 13.1 Å². The standard InChI is InChI=1S/C20H27ClN4OS/c1-3-4-16-22-19(25-9-7-24(8-10-25)17(26)12-21)18-14-6-5-13(2)11-15(14)27-20(18)23-16/h13H,3-12H2,1-2H3. The van der Waals surface area contributed by atoms with Crippen LogP contribution in [0.2, 0.25) is 0 Å². The zero-order valence-electron chi connectivity index (χ0n) is 16.1. The summed E-state index contributed by atoms with van der Waals surface area (Å²) in [6.45, 7) is 7.55. The zero-order chi connectivity index (χ0) is 19.0. The Labute approximate surface area is 169 Å². The van der Waals surface area contributed by atoms with Crippen molar-refractivity contribution < 1.29 is 4.79 Å². The van der Waals surface area contributed by atoms with Gasteiger partial charge < -0.3 is 9.80 Å². The Morgan fingerprint density at radius 3 is 2.74 bits per heavy atom. The molecule has 0 saturated carbocycles. The molecule has 1 fully saturated rings. The predicted molar refractivity (Wildman–Crippen MR) is 112 cm³/mol. The summed E-state index contributed by atoms with van der Waals surface area (Å²) in [5.74, 6) is 2.88. The summed E-state index contributed by atoms with van der Waals surface area (Å²) in [4.78, 5) is 28.7. The van der Waals surface area contributed by atoms with Crippen molar-refractivity contribution in [2.45, 2.75) is 46.0 Å². The molecule has 3 heterocycles. The predicted octanol–water partition coefficient (Wildman–Crippen LogP) is 3.66. The van der Waals surface area contributed by atoms with Gasteiger partial charge in [-0.05, 0) is 37.2 Å². The third-order valence-electron chi connectivity index (χ3n) is 5.70. The maximum atomic E-state index is 11.9. The third kappa shape index (κ3) is 3.66. The topological polar surface area (TPSA) is 49.3 Å². The van der Waals surface area contributed by atoms with E-state index >= 15 is 0 Å². The van der Waals surface area contributed by atoms with Gasteiger partial charge in [0.05, 0.1) is 5.39 Å². The molecule has 27 heavy (non-hydrogen) atoms. The molecule has 0 spiro atoms. The Morgan fingerprint density at radius 2 is 2.04 bits per heavy atom. The third-order valence-corrected chi connectivity index (χ3v) is 7.08. The molecule has 1 aliphatic heterocycles. The number of carbonyl (C=O) groups excluding carboxylic acids is 1. The summed E-state index contributed by atoms with van der Waals surface area (Å²) in [7, 11) is 0. The lowest BCUT2D eigenvalue weighted by molar-refractivity contribution is -0.128. The summed E-state index contributed by atoms with van der Waals surface area (Å²) in [6, 6.07) is 0. The van der Waals surface area contributed by atoms with Crippen molar-refractivity contribution in [1.29, 1.82) is 0 Å². The normalized spacial score (nSPS) is 20.2. The summed E-state index contributed by atoms with van der Waals surface area (Å²) < 4.78 is 0. The fourth-order valence-corrected chi connectivity index (χ4v) is 5.75. The molecule has 1 atom stereocenters. The van der Waals surface area contributed by atoms with Crippen LogP contribution in [0.15, 0.2) is 0 Å². The molecule has 0 aromatic carbocycles. The Hall–Kier alpha value is -1.40. The molecule has 1 unspecified atom stereocenters. The van der Waals surface area contributed by atoms with Gasteiger partial charge in [0.25, 0.3) is 0 Å². The molecule has 1 saturated heterocycles. The van der Waals surface area contributed by atoms with Crippen molar-refractivity contribution in [3.8, 4) is 0 Å². The van der Waals surface area contributed by atoms with E-state index in [2.05, 4.69) is 18.7 Å². The SMILES string of the molecule is CCCc1nc(N2CCN(C(=O)CCl)CC2)c2c3c(sc2n1)CC(C)CC3. The summed E-state index contributed by atoms with van der Waals surface area (Å²) in [5.41, 5.74) is 1.48. The number of alkyl halides is 1. The number of piperazine rings is 1. The highest BCUT2D eigenvalue weighted by atomic mass is 35.5. The molecular weight excluding hydrogens is 380 g/mol. The number of thiophene rings is 1. The van der Waals surface area contributed by atoms with E-state index in [-0.39, 0.29) is 11.8 Å². The molecule has 146 valence electrons. The molecule has 2 aliphatic rings. The van der Waals surface area contributed by atoms with Crippen LogP contribution in [0.4, 0.5) is 5.82 Å². The van der Waals surface area contributed by atoms with Gasteiger partial charge in [0.1, 0.15) is 22.4 Å². The van der Waals surface area contributed by atoms with Crippen LogP contribution in [-0.4, -0.2) is 52.8 Å². The van der Waals surface area contributed by atoms with Gasteiger partial charge in [-0.1, -0.05) is 13.8 Å². The van der Waals surface area contributed by atoms with Gasteiger partial charge in [0.2, 0.25) is 5.91 Å². The largest absolute Gasteiger partial charge is 0.352 e. The quantitative estimate of drug-likeness (QED) is 0.727. The van der Waals surface area contributed by atoms with Crippen LogP contribution in [-0.2, 0) is 24.1 Å². The maximum Gasteiger partial charge on any atom is 0.237 e. The van der Waals surface area contributed by atoms with Gasteiger partial charge in [-0.25, -0.2) is 9.97 Å². The first-order valence-electron chi connectivity index (χ1n) is 10.0. The van der Waals surface area contributed by atoms with Crippen molar-refractivity contribution >= 4 is 44.9 Å². The number of amides is 1. The summed E-state index contributed by atoms with van der Waals surface area (Å²) >= 11 is 7.60. The molecular formula is C20H27ClN4OS. The second-order valence-electron chi connectivity index (χ2n) is 7.75. The monoisotopic (exact) mass is 406 g/mol. The van der Waals surface area contributed by atoms with Gasteiger partial charge in [-0.15, -0.1) is 22.9 Å².